The number of hydrogen-bond acceptors (Lipinski definition) is 14. The lowest BCUT2D eigenvalue weighted by Crippen LogP contribution is -2.47. The standard InChI is InChI=1S/C19H29B3O16P2/c1-17(3-23)12(9(29-2)15(21)34-17)37-39(25,26)33-7-19-5-31-10(16(22)36-19)13(19)38-40(27,28)32-6-18-4-30-8(11(18)24)14(20)35-18/h8-16,23-24H,3-7H2,1-2H3,(H,25,26)(H,27,28)/t8?,9?,10?,11?,12?,13?,14?,15?,16?,17-,18+,19+/m1/s1. The average Bonchev–Trinajstić information content (AvgIpc) is 3.59. The van der Waals surface area contributed by atoms with E-state index in [0.717, 1.165) is 0 Å². The molecule has 4 N–H and O–H groups in total. The lowest BCUT2D eigenvalue weighted by molar-refractivity contribution is -0.142. The summed E-state index contributed by atoms with van der Waals surface area (Å²) in [5.74, 6) is 0. The van der Waals surface area contributed by atoms with Crippen molar-refractivity contribution in [2.75, 3.05) is 40.1 Å². The quantitative estimate of drug-likeness (QED) is 0.128. The summed E-state index contributed by atoms with van der Waals surface area (Å²) < 4.78 is 79.5. The van der Waals surface area contributed by atoms with Crippen molar-refractivity contribution in [1.29, 1.82) is 0 Å². The van der Waals surface area contributed by atoms with Gasteiger partial charge in [-0.1, -0.05) is 0 Å². The van der Waals surface area contributed by atoms with Crippen LogP contribution in [0.3, 0.4) is 0 Å². The zero-order valence-corrected chi connectivity index (χ0v) is 23.3. The van der Waals surface area contributed by atoms with Crippen molar-refractivity contribution in [2.45, 2.75) is 78.4 Å². The van der Waals surface area contributed by atoms with Gasteiger partial charge in [0.15, 0.2) is 0 Å². The van der Waals surface area contributed by atoms with Gasteiger partial charge in [0.05, 0.1) is 33.0 Å². The Morgan fingerprint density at radius 1 is 0.850 bits per heavy atom. The molecule has 0 aromatic heterocycles. The molecule has 0 aliphatic carbocycles. The molecule has 5 rings (SSSR count). The summed E-state index contributed by atoms with van der Waals surface area (Å²) in [5.41, 5.74) is -4.69. The highest BCUT2D eigenvalue weighted by Gasteiger charge is 2.65. The molecule has 21 heteroatoms. The number of phosphoric ester groups is 2. The lowest BCUT2D eigenvalue weighted by atomic mass is 9.90. The number of ether oxygens (including phenoxy) is 6. The first-order valence-corrected chi connectivity index (χ1v) is 15.3. The second-order valence-electron chi connectivity index (χ2n) is 10.6. The molecule has 0 aromatic rings. The Morgan fingerprint density at radius 2 is 1.38 bits per heavy atom. The molecule has 0 saturated carbocycles. The maximum atomic E-state index is 12.9. The van der Waals surface area contributed by atoms with Gasteiger partial charge in [0.1, 0.15) is 77.0 Å². The smallest absolute Gasteiger partial charge is 0.393 e. The molecule has 0 amide bonds. The van der Waals surface area contributed by atoms with Crippen molar-refractivity contribution in [3.63, 3.8) is 0 Å². The van der Waals surface area contributed by atoms with E-state index in [4.69, 9.17) is 70.1 Å². The third kappa shape index (κ3) is 5.45. The van der Waals surface area contributed by atoms with Crippen LogP contribution in [0.25, 0.3) is 0 Å². The normalized spacial score (nSPS) is 50.8. The molecule has 5 saturated heterocycles. The molecule has 0 spiro atoms. The highest BCUT2D eigenvalue weighted by atomic mass is 31.2. The lowest BCUT2D eigenvalue weighted by Gasteiger charge is -2.34. The number of fused-ring (bicyclic) bond motifs is 4. The SMILES string of the molecule is [B]C1O[C@]2(COP(=O)(O)OC3C4OC[C@@]3(COP(=O)(O)OC3C(OC)C([B])O[C@]3(C)CO)OC4[B])COC1C2O. The van der Waals surface area contributed by atoms with Crippen LogP contribution in [-0.2, 0) is 55.6 Å². The molecular formula is C19H29B3O16P2. The van der Waals surface area contributed by atoms with Crippen LogP contribution in [0.1, 0.15) is 6.92 Å². The van der Waals surface area contributed by atoms with Gasteiger partial charge in [0, 0.05) is 25.1 Å². The van der Waals surface area contributed by atoms with Crippen molar-refractivity contribution in [1.82, 2.24) is 0 Å². The summed E-state index contributed by atoms with van der Waals surface area (Å²) >= 11 is 0. The molecule has 4 bridgehead atoms. The van der Waals surface area contributed by atoms with Gasteiger partial charge < -0.3 is 48.4 Å². The van der Waals surface area contributed by atoms with Gasteiger partial charge in [0.2, 0.25) is 0 Å². The van der Waals surface area contributed by atoms with E-state index >= 15 is 0 Å². The third-order valence-electron chi connectivity index (χ3n) is 7.75. The largest absolute Gasteiger partial charge is 0.472 e. The first-order valence-electron chi connectivity index (χ1n) is 12.3. The van der Waals surface area contributed by atoms with E-state index in [1.54, 1.807) is 0 Å². The van der Waals surface area contributed by atoms with Gasteiger partial charge in [-0.05, 0) is 6.92 Å². The van der Waals surface area contributed by atoms with Crippen molar-refractivity contribution >= 4 is 39.2 Å². The van der Waals surface area contributed by atoms with E-state index in [-0.39, 0.29) is 13.2 Å². The van der Waals surface area contributed by atoms with E-state index < -0.39 is 107 Å². The molecule has 6 radical (unpaired) electrons. The minimum absolute atomic E-state index is 0.130. The molecule has 5 fully saturated rings. The van der Waals surface area contributed by atoms with E-state index in [0.29, 0.717) is 0 Å². The van der Waals surface area contributed by atoms with Crippen molar-refractivity contribution < 1.29 is 75.6 Å². The Morgan fingerprint density at radius 3 is 1.90 bits per heavy atom. The topological polar surface area (TPSA) is 207 Å². The number of rotatable bonds is 12. The predicted octanol–water partition coefficient (Wildman–Crippen LogP) is -3.03. The van der Waals surface area contributed by atoms with E-state index in [1.165, 1.54) is 14.0 Å². The maximum Gasteiger partial charge on any atom is 0.472 e. The summed E-state index contributed by atoms with van der Waals surface area (Å²) in [4.78, 5) is 21.0. The van der Waals surface area contributed by atoms with Gasteiger partial charge in [-0.25, -0.2) is 9.13 Å². The Bertz CT molecular complexity index is 1060. The minimum atomic E-state index is -4.94. The fraction of sp³-hybridized carbons (Fsp3) is 1.00. The van der Waals surface area contributed by atoms with Crippen LogP contribution in [0.5, 0.6) is 0 Å². The molecule has 40 heavy (non-hydrogen) atoms. The monoisotopic (exact) mass is 608 g/mol. The molecule has 5 heterocycles. The summed E-state index contributed by atoms with van der Waals surface area (Å²) in [7, 11) is 8.95. The van der Waals surface area contributed by atoms with Crippen LogP contribution < -0.4 is 0 Å². The summed E-state index contributed by atoms with van der Waals surface area (Å²) in [6, 6.07) is -3.18. The van der Waals surface area contributed by atoms with Gasteiger partial charge in [-0.3, -0.25) is 18.1 Å². The summed E-state index contributed by atoms with van der Waals surface area (Å²) in [5, 5.41) is 20.1. The van der Waals surface area contributed by atoms with E-state index in [1.807, 2.05) is 0 Å². The molecule has 11 unspecified atom stereocenters. The number of phosphoric acid groups is 2. The van der Waals surface area contributed by atoms with Crippen LogP contribution in [0.4, 0.5) is 0 Å². The Labute approximate surface area is 233 Å². The Balaban J connectivity index is 1.24. The van der Waals surface area contributed by atoms with Gasteiger partial charge in [-0.15, -0.1) is 0 Å². The zero-order chi connectivity index (χ0) is 29.3. The molecular weight excluding hydrogens is 579 g/mol. The van der Waals surface area contributed by atoms with Crippen LogP contribution in [0, 0.1) is 0 Å². The number of methoxy groups -OCH3 is 1. The van der Waals surface area contributed by atoms with E-state index in [9.17, 15) is 29.1 Å². The van der Waals surface area contributed by atoms with Crippen LogP contribution >= 0.6 is 15.6 Å². The summed E-state index contributed by atoms with van der Waals surface area (Å²) in [6.45, 7) is -0.969. The molecule has 14 atom stereocenters. The first kappa shape index (κ1) is 31.5. The van der Waals surface area contributed by atoms with Crippen molar-refractivity contribution in [3.05, 3.63) is 0 Å². The van der Waals surface area contributed by atoms with Gasteiger partial charge in [0.25, 0.3) is 0 Å². The first-order chi connectivity index (χ1) is 18.6. The highest BCUT2D eigenvalue weighted by Crippen LogP contribution is 2.56. The van der Waals surface area contributed by atoms with Crippen molar-refractivity contribution in [2.24, 2.45) is 0 Å². The van der Waals surface area contributed by atoms with Crippen molar-refractivity contribution in [3.8, 4) is 0 Å². The van der Waals surface area contributed by atoms with Crippen LogP contribution in [0.2, 0.25) is 0 Å². The zero-order valence-electron chi connectivity index (χ0n) is 21.5. The van der Waals surface area contributed by atoms with Gasteiger partial charge >= 0.3 is 15.6 Å². The number of hydrogen-bond donors (Lipinski definition) is 4. The van der Waals surface area contributed by atoms with Crippen LogP contribution in [-0.4, -0.2) is 155 Å². The molecule has 5 aliphatic heterocycles. The predicted molar refractivity (Wildman–Crippen MR) is 130 cm³/mol. The fourth-order valence-corrected chi connectivity index (χ4v) is 7.68. The third-order valence-corrected chi connectivity index (χ3v) is 9.65. The van der Waals surface area contributed by atoms with Gasteiger partial charge in [-0.2, -0.15) is 0 Å². The number of aliphatic hydroxyl groups excluding tert-OH is 2. The Kier molecular flexibility index (Phi) is 8.60. The molecule has 5 aliphatic rings. The average molecular weight is 608 g/mol. The highest BCUT2D eigenvalue weighted by molar-refractivity contribution is 7.47. The second-order valence-corrected chi connectivity index (χ2v) is 13.4. The van der Waals surface area contributed by atoms with E-state index in [2.05, 4.69) is 0 Å². The molecule has 0 aromatic carbocycles. The number of aliphatic hydroxyl groups is 2. The Hall–Kier alpha value is 0.0948. The minimum Gasteiger partial charge on any atom is -0.393 e. The van der Waals surface area contributed by atoms with Crippen LogP contribution in [0.15, 0.2) is 0 Å². The fourth-order valence-electron chi connectivity index (χ4n) is 5.57. The molecule has 16 nitrogen and oxygen atoms in total. The maximum absolute atomic E-state index is 12.9. The summed E-state index contributed by atoms with van der Waals surface area (Å²) in [6.07, 6.45) is -6.82. The second kappa shape index (κ2) is 10.9. The molecule has 220 valence electrons.